The van der Waals surface area contributed by atoms with E-state index in [1.807, 2.05) is 0 Å². The van der Waals surface area contributed by atoms with Crippen molar-refractivity contribution in [3.63, 3.8) is 0 Å². The molecule has 1 aliphatic rings. The van der Waals surface area contributed by atoms with Crippen LogP contribution in [0.2, 0.25) is 0 Å². The van der Waals surface area contributed by atoms with Crippen LogP contribution in [0, 0.1) is 11.8 Å². The first kappa shape index (κ1) is 28.0. The highest BCUT2D eigenvalue weighted by Crippen LogP contribution is 2.40. The number of carbonyl (C=O) groups is 2. The van der Waals surface area contributed by atoms with Gasteiger partial charge in [0.05, 0.1) is 17.7 Å². The number of ketones is 1. The van der Waals surface area contributed by atoms with Gasteiger partial charge in [0.25, 0.3) is 5.91 Å². The first-order valence-electron chi connectivity index (χ1n) is 10.7. The molecule has 1 aliphatic heterocycles. The molecule has 2 atom stereocenters. The topological polar surface area (TPSA) is 224 Å². The number of amides is 1. The lowest BCUT2D eigenvalue weighted by molar-refractivity contribution is -0.228. The van der Waals surface area contributed by atoms with Gasteiger partial charge in [-0.15, -0.1) is 15.6 Å². The van der Waals surface area contributed by atoms with Gasteiger partial charge in [-0.05, 0) is 19.8 Å². The Morgan fingerprint density at radius 2 is 2.00 bits per heavy atom. The molecule has 1 unspecified atom stereocenters. The van der Waals surface area contributed by atoms with E-state index in [2.05, 4.69) is 14.4 Å². The molecular formula is C20H25N5O10S2. The van der Waals surface area contributed by atoms with Gasteiger partial charge < -0.3 is 20.9 Å². The summed E-state index contributed by atoms with van der Waals surface area (Å²) in [6.07, 6.45) is -0.720. The molecule has 5 N–H and O–H groups in total. The number of nitrogens with zero attached hydrogens (tertiary/aromatic N) is 4. The van der Waals surface area contributed by atoms with Crippen molar-refractivity contribution >= 4 is 44.3 Å². The fourth-order valence-electron chi connectivity index (χ4n) is 3.65. The molecule has 2 aromatic rings. The minimum absolute atomic E-state index is 0.0396. The van der Waals surface area contributed by atoms with Crippen molar-refractivity contribution in [3.05, 3.63) is 39.3 Å². The molecule has 17 heteroatoms. The van der Waals surface area contributed by atoms with Crippen LogP contribution < -0.4 is 11.2 Å². The molecule has 2 aromatic heterocycles. The average Bonchev–Trinajstić information content (AvgIpc) is 3.21. The van der Waals surface area contributed by atoms with Crippen LogP contribution >= 0.6 is 11.3 Å². The number of Topliss-reactive ketones (excluding diaryl/α,β-unsaturated/α-hetero) is 1. The number of aromatic hydroxyl groups is 1. The number of hydrogen-bond acceptors (Lipinski definition) is 13. The Labute approximate surface area is 214 Å². The third-order valence-corrected chi connectivity index (χ3v) is 6.67. The summed E-state index contributed by atoms with van der Waals surface area (Å²) in [5.41, 5.74) is 3.30. The van der Waals surface area contributed by atoms with E-state index >= 15 is 0 Å². The van der Waals surface area contributed by atoms with E-state index < -0.39 is 57.2 Å². The summed E-state index contributed by atoms with van der Waals surface area (Å²) < 4.78 is 35.8. The molecule has 1 amide bonds. The molecule has 0 spiro atoms. The van der Waals surface area contributed by atoms with Gasteiger partial charge >= 0.3 is 10.4 Å². The lowest BCUT2D eigenvalue weighted by Gasteiger charge is -2.50. The van der Waals surface area contributed by atoms with Crippen LogP contribution in [0.25, 0.3) is 0 Å². The number of aromatic nitrogens is 2. The van der Waals surface area contributed by atoms with Gasteiger partial charge in [0, 0.05) is 17.9 Å². The molecule has 3 heterocycles. The first-order chi connectivity index (χ1) is 17.0. The van der Waals surface area contributed by atoms with Crippen LogP contribution in [0.5, 0.6) is 5.75 Å². The zero-order chi connectivity index (χ0) is 27.9. The number of nitrogens with two attached hydrogens (primary N) is 1. The summed E-state index contributed by atoms with van der Waals surface area (Å²) in [7, 11) is -4.97. The number of hydroxylamine groups is 2. The van der Waals surface area contributed by atoms with Gasteiger partial charge in [0.2, 0.25) is 5.43 Å². The molecule has 0 bridgehead atoms. The second-order valence-electron chi connectivity index (χ2n) is 9.04. The normalized spacial score (nSPS) is 18.5. The van der Waals surface area contributed by atoms with Crippen LogP contribution in [-0.2, 0) is 29.1 Å². The molecule has 1 saturated heterocycles. The summed E-state index contributed by atoms with van der Waals surface area (Å²) in [6, 6.07) is 0.956. The SMILES string of the molecule is CC(C)C(O/N=C(\C(=O)C[C@@H]1C(=O)N(OS(=O)(=O)O)C1(C)C)c1csc(N)n1)c1cc(=O)c(O)cn1O. The highest BCUT2D eigenvalue weighted by Gasteiger charge is 2.57. The van der Waals surface area contributed by atoms with Crippen molar-refractivity contribution in [2.45, 2.75) is 45.8 Å². The van der Waals surface area contributed by atoms with Crippen molar-refractivity contribution in [2.24, 2.45) is 17.0 Å². The van der Waals surface area contributed by atoms with Crippen molar-refractivity contribution in [1.82, 2.24) is 14.8 Å². The molecule has 0 radical (unpaired) electrons. The maximum absolute atomic E-state index is 13.3. The average molecular weight is 560 g/mol. The van der Waals surface area contributed by atoms with E-state index in [9.17, 15) is 33.1 Å². The fraction of sp³-hybridized carbons (Fsp3) is 0.450. The van der Waals surface area contributed by atoms with Gasteiger partial charge in [-0.3, -0.25) is 18.9 Å². The number of rotatable bonds is 10. The van der Waals surface area contributed by atoms with Crippen LogP contribution in [0.1, 0.15) is 51.6 Å². The first-order valence-corrected chi connectivity index (χ1v) is 12.9. The van der Waals surface area contributed by atoms with E-state index in [1.54, 1.807) is 13.8 Å². The Kier molecular flexibility index (Phi) is 7.64. The summed E-state index contributed by atoms with van der Waals surface area (Å²) in [5.74, 6) is -3.68. The molecule has 1 fully saturated rings. The summed E-state index contributed by atoms with van der Waals surface area (Å²) in [5, 5.41) is 25.6. The fourth-order valence-corrected chi connectivity index (χ4v) is 4.66. The van der Waals surface area contributed by atoms with Crippen LogP contribution in [0.15, 0.2) is 27.6 Å². The lowest BCUT2D eigenvalue weighted by Crippen LogP contribution is -2.68. The third kappa shape index (κ3) is 5.90. The third-order valence-electron chi connectivity index (χ3n) is 5.66. The van der Waals surface area contributed by atoms with Gasteiger partial charge in [0.15, 0.2) is 28.5 Å². The van der Waals surface area contributed by atoms with E-state index in [1.165, 1.54) is 19.2 Å². The number of thiazole rings is 1. The van der Waals surface area contributed by atoms with E-state index in [4.69, 9.17) is 15.1 Å². The lowest BCUT2D eigenvalue weighted by atomic mass is 9.74. The van der Waals surface area contributed by atoms with Gasteiger partial charge in [0.1, 0.15) is 11.4 Å². The molecule has 3 rings (SSSR count). The number of pyridine rings is 1. The number of oxime groups is 1. The van der Waals surface area contributed by atoms with Crippen molar-refractivity contribution < 1.29 is 42.0 Å². The summed E-state index contributed by atoms with van der Waals surface area (Å²) >= 11 is 1.01. The van der Waals surface area contributed by atoms with Crippen molar-refractivity contribution in [1.29, 1.82) is 0 Å². The molecule has 37 heavy (non-hydrogen) atoms. The second kappa shape index (κ2) is 10.1. The van der Waals surface area contributed by atoms with Gasteiger partial charge in [-0.1, -0.05) is 19.0 Å². The summed E-state index contributed by atoms with van der Waals surface area (Å²) in [6.45, 7) is 6.26. The Bertz CT molecular complexity index is 1410. The molecule has 15 nitrogen and oxygen atoms in total. The smallest absolute Gasteiger partial charge is 0.418 e. The van der Waals surface area contributed by atoms with Crippen molar-refractivity contribution in [2.75, 3.05) is 5.73 Å². The number of β-lactam (4-membered cyclic amide) rings is 1. The van der Waals surface area contributed by atoms with E-state index in [0.29, 0.717) is 9.79 Å². The molecule has 0 aliphatic carbocycles. The van der Waals surface area contributed by atoms with Gasteiger partial charge in [-0.2, -0.15) is 18.2 Å². The number of carbonyl (C=O) groups excluding carboxylic acids is 2. The zero-order valence-corrected chi connectivity index (χ0v) is 21.7. The molecule has 0 saturated carbocycles. The molecule has 202 valence electrons. The monoisotopic (exact) mass is 559 g/mol. The second-order valence-corrected chi connectivity index (χ2v) is 10.9. The standard InChI is InChI=1S/C20H25N5O10S2/c1-9(2)17(12-6-13(26)15(28)7-24(12)30)34-23-16(11-8-36-19(21)22-11)14(27)5-10-18(29)25(20(10,3)4)35-37(31,32)33/h6-10,17,28,30H,5H2,1-4H3,(H2,21,22)(H,31,32,33)/b23-16-/t10-,17?/m1/s1. The summed E-state index contributed by atoms with van der Waals surface area (Å²) in [4.78, 5) is 47.3. The Morgan fingerprint density at radius 1 is 1.35 bits per heavy atom. The van der Waals surface area contributed by atoms with Gasteiger partial charge in [-0.25, -0.2) is 4.98 Å². The Hall–Kier alpha value is -3.54. The maximum Gasteiger partial charge on any atom is 0.418 e. The molecule has 0 aromatic carbocycles. The zero-order valence-electron chi connectivity index (χ0n) is 20.1. The predicted molar refractivity (Wildman–Crippen MR) is 128 cm³/mol. The molecular weight excluding hydrogens is 534 g/mol. The predicted octanol–water partition coefficient (Wildman–Crippen LogP) is 0.879. The quantitative estimate of drug-likeness (QED) is 0.105. The largest absolute Gasteiger partial charge is 0.503 e. The van der Waals surface area contributed by atoms with Crippen LogP contribution in [0.3, 0.4) is 0 Å². The van der Waals surface area contributed by atoms with Crippen LogP contribution in [0.4, 0.5) is 5.13 Å². The Morgan fingerprint density at radius 3 is 2.51 bits per heavy atom. The highest BCUT2D eigenvalue weighted by molar-refractivity contribution is 7.80. The minimum Gasteiger partial charge on any atom is -0.503 e. The van der Waals surface area contributed by atoms with E-state index in [0.717, 1.165) is 23.6 Å². The van der Waals surface area contributed by atoms with E-state index in [-0.39, 0.29) is 28.1 Å². The number of hydrogen-bond donors (Lipinski definition) is 4. The van der Waals surface area contributed by atoms with Crippen molar-refractivity contribution in [3.8, 4) is 5.75 Å². The van der Waals surface area contributed by atoms with Crippen LogP contribution in [-0.4, -0.2) is 61.0 Å². The highest BCUT2D eigenvalue weighted by atomic mass is 32.3. The maximum atomic E-state index is 13.3. The number of anilines is 1. The number of nitrogen functional groups attached to an aromatic ring is 1. The Balaban J connectivity index is 1.92. The minimum atomic E-state index is -4.97.